The summed E-state index contributed by atoms with van der Waals surface area (Å²) in [4.78, 5) is 1.15. The van der Waals surface area contributed by atoms with Crippen LogP contribution >= 0.6 is 0 Å². The highest BCUT2D eigenvalue weighted by molar-refractivity contribution is 5.58. The third-order valence-electron chi connectivity index (χ3n) is 1.74. The van der Waals surface area contributed by atoms with Crippen molar-refractivity contribution in [2.75, 3.05) is 0 Å². The van der Waals surface area contributed by atoms with Gasteiger partial charge in [-0.05, 0) is 20.8 Å². The minimum atomic E-state index is -4.30. The lowest BCUT2D eigenvalue weighted by atomic mass is 10.1. The first-order valence-electron chi connectivity index (χ1n) is 3.87. The zero-order valence-corrected chi connectivity index (χ0v) is 7.68. The highest BCUT2D eigenvalue weighted by Gasteiger charge is 2.48. The summed E-state index contributed by atoms with van der Waals surface area (Å²) in [5, 5.41) is 3.41. The molecule has 0 spiro atoms. The highest BCUT2D eigenvalue weighted by Crippen LogP contribution is 2.28. The van der Waals surface area contributed by atoms with Gasteiger partial charge in [0, 0.05) is 5.54 Å². The second-order valence-electron chi connectivity index (χ2n) is 3.90. The van der Waals surface area contributed by atoms with E-state index in [9.17, 15) is 13.2 Å². The lowest BCUT2D eigenvalue weighted by Crippen LogP contribution is -2.55. The van der Waals surface area contributed by atoms with Crippen LogP contribution in [-0.2, 0) is 0 Å². The molecule has 13 heavy (non-hydrogen) atoms. The summed E-state index contributed by atoms with van der Waals surface area (Å²) >= 11 is 0. The van der Waals surface area contributed by atoms with Crippen molar-refractivity contribution in [2.45, 2.75) is 38.7 Å². The highest BCUT2D eigenvalue weighted by atomic mass is 19.4. The molecule has 0 bridgehead atoms. The van der Waals surface area contributed by atoms with E-state index >= 15 is 0 Å². The fourth-order valence-corrected chi connectivity index (χ4v) is 1.09. The summed E-state index contributed by atoms with van der Waals surface area (Å²) in [6.45, 7) is 5.10. The Morgan fingerprint density at radius 1 is 1.31 bits per heavy atom. The Hall–Kier alpha value is -0.940. The summed E-state index contributed by atoms with van der Waals surface area (Å²) < 4.78 is 37.1. The fraction of sp³-hybridized carbons (Fsp3) is 0.857. The molecule has 3 nitrogen and oxygen atoms in total. The van der Waals surface area contributed by atoms with Gasteiger partial charge in [0.1, 0.15) is 6.34 Å². The van der Waals surface area contributed by atoms with Crippen molar-refractivity contribution in [2.24, 2.45) is 5.10 Å². The maximum Gasteiger partial charge on any atom is 0.428 e. The van der Waals surface area contributed by atoms with Gasteiger partial charge in [-0.2, -0.15) is 18.3 Å². The molecule has 0 saturated carbocycles. The Morgan fingerprint density at radius 2 is 1.85 bits per heavy atom. The standard InChI is InChI=1S/C7H12F3N3/c1-6(2,3)13-4-11-12-5(13)7(8,9)10/h4-5,12H,1-3H3. The fourth-order valence-electron chi connectivity index (χ4n) is 1.09. The summed E-state index contributed by atoms with van der Waals surface area (Å²) in [5.74, 6) is 0. The number of hydrogen-bond donors (Lipinski definition) is 1. The Balaban J connectivity index is 2.81. The van der Waals surface area contributed by atoms with E-state index in [2.05, 4.69) is 5.10 Å². The molecule has 1 N–H and O–H groups in total. The summed E-state index contributed by atoms with van der Waals surface area (Å²) in [6, 6.07) is 0. The Labute approximate surface area is 74.6 Å². The zero-order valence-electron chi connectivity index (χ0n) is 7.68. The van der Waals surface area contributed by atoms with Crippen molar-refractivity contribution in [3.05, 3.63) is 0 Å². The third kappa shape index (κ3) is 2.05. The number of hydrazone groups is 1. The van der Waals surface area contributed by atoms with E-state index < -0.39 is 17.9 Å². The van der Waals surface area contributed by atoms with Crippen LogP contribution in [0.15, 0.2) is 5.10 Å². The summed E-state index contributed by atoms with van der Waals surface area (Å²) in [6.07, 6.45) is -4.82. The Bertz CT molecular complexity index is 216. The van der Waals surface area contributed by atoms with E-state index in [4.69, 9.17) is 0 Å². The predicted octanol–water partition coefficient (Wildman–Crippen LogP) is 1.52. The third-order valence-corrected chi connectivity index (χ3v) is 1.74. The molecule has 0 radical (unpaired) electrons. The maximum atomic E-state index is 12.4. The van der Waals surface area contributed by atoms with E-state index in [1.165, 1.54) is 6.34 Å². The van der Waals surface area contributed by atoms with Crippen molar-refractivity contribution in [1.29, 1.82) is 0 Å². The summed E-state index contributed by atoms with van der Waals surface area (Å²) in [5.41, 5.74) is 1.43. The van der Waals surface area contributed by atoms with E-state index in [1.807, 2.05) is 5.43 Å². The molecule has 0 amide bonds. The van der Waals surface area contributed by atoms with Gasteiger partial charge < -0.3 is 4.90 Å². The molecular weight excluding hydrogens is 183 g/mol. The van der Waals surface area contributed by atoms with Gasteiger partial charge in [0.15, 0.2) is 0 Å². The molecule has 0 aromatic rings. The molecule has 1 heterocycles. The van der Waals surface area contributed by atoms with Crippen LogP contribution in [0.4, 0.5) is 13.2 Å². The van der Waals surface area contributed by atoms with Crippen LogP contribution in [0.1, 0.15) is 20.8 Å². The number of alkyl halides is 3. The quantitative estimate of drug-likeness (QED) is 0.634. The molecule has 6 heteroatoms. The van der Waals surface area contributed by atoms with Crippen molar-refractivity contribution >= 4 is 6.34 Å². The number of nitrogens with zero attached hydrogens (tertiary/aromatic N) is 2. The minimum Gasteiger partial charge on any atom is -0.327 e. The van der Waals surface area contributed by atoms with Gasteiger partial charge in [-0.25, -0.2) is 0 Å². The van der Waals surface area contributed by atoms with Gasteiger partial charge in [0.2, 0.25) is 6.17 Å². The molecule has 76 valence electrons. The first-order valence-corrected chi connectivity index (χ1v) is 3.87. The van der Waals surface area contributed by atoms with Gasteiger partial charge in [-0.1, -0.05) is 0 Å². The second-order valence-corrected chi connectivity index (χ2v) is 3.90. The monoisotopic (exact) mass is 195 g/mol. The van der Waals surface area contributed by atoms with E-state index in [1.54, 1.807) is 20.8 Å². The van der Waals surface area contributed by atoms with Crippen LogP contribution in [0.3, 0.4) is 0 Å². The molecular formula is C7H12F3N3. The van der Waals surface area contributed by atoms with Crippen molar-refractivity contribution in [1.82, 2.24) is 10.3 Å². The van der Waals surface area contributed by atoms with Gasteiger partial charge in [0.05, 0.1) is 0 Å². The Morgan fingerprint density at radius 3 is 2.15 bits per heavy atom. The number of hydrogen-bond acceptors (Lipinski definition) is 3. The molecule has 1 atom stereocenters. The van der Waals surface area contributed by atoms with Crippen LogP contribution in [0.25, 0.3) is 0 Å². The van der Waals surface area contributed by atoms with Crippen molar-refractivity contribution < 1.29 is 13.2 Å². The van der Waals surface area contributed by atoms with Gasteiger partial charge in [-0.15, -0.1) is 0 Å². The van der Waals surface area contributed by atoms with Crippen LogP contribution in [-0.4, -0.2) is 29.1 Å². The van der Waals surface area contributed by atoms with Gasteiger partial charge in [-0.3, -0.25) is 5.43 Å². The molecule has 1 aliphatic rings. The predicted molar refractivity (Wildman–Crippen MR) is 43.1 cm³/mol. The molecule has 0 aromatic carbocycles. The maximum absolute atomic E-state index is 12.4. The van der Waals surface area contributed by atoms with Crippen LogP contribution in [0.2, 0.25) is 0 Å². The lowest BCUT2D eigenvalue weighted by molar-refractivity contribution is -0.185. The average molecular weight is 195 g/mol. The van der Waals surface area contributed by atoms with E-state index in [0.29, 0.717) is 0 Å². The van der Waals surface area contributed by atoms with Crippen molar-refractivity contribution in [3.8, 4) is 0 Å². The molecule has 0 fully saturated rings. The topological polar surface area (TPSA) is 27.6 Å². The molecule has 0 saturated heterocycles. The smallest absolute Gasteiger partial charge is 0.327 e. The van der Waals surface area contributed by atoms with Gasteiger partial charge in [0.25, 0.3) is 0 Å². The van der Waals surface area contributed by atoms with Crippen LogP contribution in [0, 0.1) is 0 Å². The van der Waals surface area contributed by atoms with Crippen LogP contribution < -0.4 is 5.43 Å². The molecule has 1 unspecified atom stereocenters. The zero-order chi connectivity index (χ0) is 10.3. The molecule has 0 aromatic heterocycles. The van der Waals surface area contributed by atoms with Gasteiger partial charge >= 0.3 is 6.18 Å². The van der Waals surface area contributed by atoms with Crippen molar-refractivity contribution in [3.63, 3.8) is 0 Å². The van der Waals surface area contributed by atoms with E-state index in [-0.39, 0.29) is 0 Å². The molecule has 1 rings (SSSR count). The molecule has 1 aliphatic heterocycles. The molecule has 0 aliphatic carbocycles. The minimum absolute atomic E-state index is 0.590. The largest absolute Gasteiger partial charge is 0.428 e. The van der Waals surface area contributed by atoms with Crippen LogP contribution in [0.5, 0.6) is 0 Å². The first-order chi connectivity index (χ1) is 5.73. The number of rotatable bonds is 0. The SMILES string of the molecule is CC(C)(C)N1C=NNC1C(F)(F)F. The number of halogens is 3. The number of nitrogens with one attached hydrogen (secondary N) is 1. The lowest BCUT2D eigenvalue weighted by Gasteiger charge is -2.36. The first kappa shape index (κ1) is 10.1. The van der Waals surface area contributed by atoms with E-state index in [0.717, 1.165) is 4.90 Å². The average Bonchev–Trinajstić information content (AvgIpc) is 2.27. The summed E-state index contributed by atoms with van der Waals surface area (Å²) in [7, 11) is 0. The second kappa shape index (κ2) is 2.78. The normalized spacial score (nSPS) is 23.5. The Kier molecular flexibility index (Phi) is 2.17.